The Morgan fingerprint density at radius 1 is 1.47 bits per heavy atom. The van der Waals surface area contributed by atoms with Gasteiger partial charge in [-0.05, 0) is 20.0 Å². The topological polar surface area (TPSA) is 78.7 Å². The summed E-state index contributed by atoms with van der Waals surface area (Å²) in [5.74, 6) is -1.11. The minimum atomic E-state index is -0.904. The number of carbonyl (C=O) groups is 2. The van der Waals surface area contributed by atoms with E-state index in [4.69, 9.17) is 5.11 Å². The second-order valence-electron chi connectivity index (χ2n) is 4.64. The van der Waals surface area contributed by atoms with Crippen LogP contribution >= 0.6 is 0 Å². The molecule has 0 radical (unpaired) electrons. The lowest BCUT2D eigenvalue weighted by atomic mass is 10.1. The minimum Gasteiger partial charge on any atom is -0.480 e. The first-order valence-electron chi connectivity index (χ1n) is 6.28. The van der Waals surface area contributed by atoms with E-state index in [9.17, 15) is 9.59 Å². The molecule has 0 saturated carbocycles. The van der Waals surface area contributed by atoms with Crippen molar-refractivity contribution in [1.82, 2.24) is 19.6 Å². The maximum absolute atomic E-state index is 12.2. The monoisotopic (exact) mass is 266 g/mol. The third-order valence-corrected chi connectivity index (χ3v) is 3.40. The number of carboxylic acids is 1. The second kappa shape index (κ2) is 5.40. The fraction of sp³-hybridized carbons (Fsp3) is 0.583. The van der Waals surface area contributed by atoms with Gasteiger partial charge in [0.05, 0.1) is 0 Å². The van der Waals surface area contributed by atoms with Crippen molar-refractivity contribution in [3.05, 3.63) is 18.0 Å². The normalized spacial score (nSPS) is 20.5. The van der Waals surface area contributed by atoms with E-state index in [1.54, 1.807) is 33.8 Å². The van der Waals surface area contributed by atoms with E-state index in [1.165, 1.54) is 0 Å². The van der Waals surface area contributed by atoms with Gasteiger partial charge in [-0.25, -0.2) is 0 Å². The maximum atomic E-state index is 12.2. The maximum Gasteiger partial charge on any atom is 0.322 e. The molecule has 104 valence electrons. The Hall–Kier alpha value is -1.89. The number of amides is 1. The molecule has 0 spiro atoms. The van der Waals surface area contributed by atoms with Crippen LogP contribution < -0.4 is 0 Å². The van der Waals surface area contributed by atoms with Gasteiger partial charge in [-0.3, -0.25) is 19.2 Å². The summed E-state index contributed by atoms with van der Waals surface area (Å²) in [5.41, 5.74) is 0.371. The van der Waals surface area contributed by atoms with E-state index in [-0.39, 0.29) is 12.5 Å². The highest BCUT2D eigenvalue weighted by Crippen LogP contribution is 2.11. The molecule has 1 aromatic rings. The summed E-state index contributed by atoms with van der Waals surface area (Å²) in [6, 6.07) is 1.02. The zero-order valence-corrected chi connectivity index (χ0v) is 11.1. The third-order valence-electron chi connectivity index (χ3n) is 3.40. The quantitative estimate of drug-likeness (QED) is 0.815. The van der Waals surface area contributed by atoms with Gasteiger partial charge in [0.1, 0.15) is 11.7 Å². The predicted molar refractivity (Wildman–Crippen MR) is 67.9 cm³/mol. The smallest absolute Gasteiger partial charge is 0.322 e. The van der Waals surface area contributed by atoms with Crippen LogP contribution in [0.25, 0.3) is 0 Å². The predicted octanol–water partition coefficient (Wildman–Crippen LogP) is -0.256. The molecule has 1 saturated heterocycles. The van der Waals surface area contributed by atoms with Gasteiger partial charge in [0.25, 0.3) is 5.91 Å². The molecule has 1 atom stereocenters. The molecule has 1 amide bonds. The fourth-order valence-electron chi connectivity index (χ4n) is 2.14. The second-order valence-corrected chi connectivity index (χ2v) is 4.64. The fourth-order valence-corrected chi connectivity index (χ4v) is 2.14. The van der Waals surface area contributed by atoms with Crippen molar-refractivity contribution in [2.45, 2.75) is 19.5 Å². The van der Waals surface area contributed by atoms with Crippen molar-refractivity contribution >= 4 is 11.9 Å². The van der Waals surface area contributed by atoms with Crippen molar-refractivity contribution in [1.29, 1.82) is 0 Å². The molecule has 1 N–H and O–H groups in total. The molecule has 0 aliphatic carbocycles. The summed E-state index contributed by atoms with van der Waals surface area (Å²) in [5, 5.41) is 13.3. The molecule has 1 fully saturated rings. The highest BCUT2D eigenvalue weighted by Gasteiger charge is 2.32. The molecular weight excluding hydrogens is 248 g/mol. The van der Waals surface area contributed by atoms with Gasteiger partial charge in [-0.1, -0.05) is 0 Å². The van der Waals surface area contributed by atoms with Crippen LogP contribution in [-0.2, 0) is 11.3 Å². The van der Waals surface area contributed by atoms with E-state index in [0.717, 1.165) is 0 Å². The lowest BCUT2D eigenvalue weighted by Gasteiger charge is -2.36. The molecule has 1 aliphatic heterocycles. The Kier molecular flexibility index (Phi) is 3.84. The first-order valence-corrected chi connectivity index (χ1v) is 6.28. The van der Waals surface area contributed by atoms with Gasteiger partial charge in [-0.15, -0.1) is 0 Å². The van der Waals surface area contributed by atoms with Crippen LogP contribution in [-0.4, -0.2) is 69.3 Å². The van der Waals surface area contributed by atoms with Crippen LogP contribution in [0.2, 0.25) is 0 Å². The number of hydrogen-bond acceptors (Lipinski definition) is 4. The van der Waals surface area contributed by atoms with Crippen molar-refractivity contribution in [3.8, 4) is 0 Å². The van der Waals surface area contributed by atoms with Crippen LogP contribution in [0.3, 0.4) is 0 Å². The molecule has 1 aliphatic rings. The van der Waals surface area contributed by atoms with Crippen LogP contribution in [0, 0.1) is 0 Å². The Bertz CT molecular complexity index is 485. The van der Waals surface area contributed by atoms with Crippen molar-refractivity contribution in [2.75, 3.05) is 26.7 Å². The third kappa shape index (κ3) is 2.76. The van der Waals surface area contributed by atoms with Crippen LogP contribution in [0.1, 0.15) is 17.4 Å². The number of carboxylic acid groups (broad SMARTS) is 1. The van der Waals surface area contributed by atoms with E-state index >= 15 is 0 Å². The van der Waals surface area contributed by atoms with Gasteiger partial charge in [0, 0.05) is 32.4 Å². The highest BCUT2D eigenvalue weighted by molar-refractivity contribution is 5.92. The van der Waals surface area contributed by atoms with E-state index < -0.39 is 12.0 Å². The summed E-state index contributed by atoms with van der Waals surface area (Å²) in [6.07, 6.45) is 1.75. The number of aryl methyl sites for hydroxylation is 1. The Morgan fingerprint density at radius 3 is 2.79 bits per heavy atom. The van der Waals surface area contributed by atoms with Crippen LogP contribution in [0.15, 0.2) is 12.3 Å². The van der Waals surface area contributed by atoms with Gasteiger partial charge >= 0.3 is 5.97 Å². The van der Waals surface area contributed by atoms with Gasteiger partial charge in [-0.2, -0.15) is 5.10 Å². The van der Waals surface area contributed by atoms with E-state index in [0.29, 0.717) is 25.3 Å². The molecule has 2 rings (SSSR count). The number of hydrogen-bond donors (Lipinski definition) is 1. The zero-order chi connectivity index (χ0) is 14.0. The average molecular weight is 266 g/mol. The number of piperazine rings is 1. The molecule has 0 aromatic carbocycles. The SMILES string of the molecule is CCn1ccc(C(=O)N2CCN(C)C(C(=O)O)C2)n1. The molecule has 7 nitrogen and oxygen atoms in total. The summed E-state index contributed by atoms with van der Waals surface area (Å²) < 4.78 is 1.68. The van der Waals surface area contributed by atoms with Gasteiger partial charge in [0.15, 0.2) is 0 Å². The number of aliphatic carboxylic acids is 1. The number of likely N-dealkylation sites (N-methyl/N-ethyl adjacent to an activating group) is 1. The lowest BCUT2D eigenvalue weighted by Crippen LogP contribution is -2.56. The Balaban J connectivity index is 2.09. The summed E-state index contributed by atoms with van der Waals surface area (Å²) >= 11 is 0. The van der Waals surface area contributed by atoms with Crippen molar-refractivity contribution in [3.63, 3.8) is 0 Å². The standard InChI is InChI=1S/C12H18N4O3/c1-3-16-5-4-9(13-16)11(17)15-7-6-14(2)10(8-15)12(18)19/h4-5,10H,3,6-8H2,1-2H3,(H,18,19). The van der Waals surface area contributed by atoms with E-state index in [2.05, 4.69) is 5.10 Å². The molecule has 7 heteroatoms. The summed E-state index contributed by atoms with van der Waals surface area (Å²) in [4.78, 5) is 26.7. The first-order chi connectivity index (χ1) is 9.02. The minimum absolute atomic E-state index is 0.198. The Labute approximate surface area is 111 Å². The molecule has 19 heavy (non-hydrogen) atoms. The first kappa shape index (κ1) is 13.5. The molecule has 1 unspecified atom stereocenters. The number of nitrogens with zero attached hydrogens (tertiary/aromatic N) is 4. The number of carbonyl (C=O) groups excluding carboxylic acids is 1. The highest BCUT2D eigenvalue weighted by atomic mass is 16.4. The molecular formula is C12H18N4O3. The van der Waals surface area contributed by atoms with Crippen LogP contribution in [0.4, 0.5) is 0 Å². The van der Waals surface area contributed by atoms with Gasteiger partial charge in [0.2, 0.25) is 0 Å². The van der Waals surface area contributed by atoms with Crippen molar-refractivity contribution < 1.29 is 14.7 Å². The van der Waals surface area contributed by atoms with Crippen molar-refractivity contribution in [2.24, 2.45) is 0 Å². The van der Waals surface area contributed by atoms with E-state index in [1.807, 2.05) is 6.92 Å². The summed E-state index contributed by atoms with van der Waals surface area (Å²) in [6.45, 7) is 3.92. The number of rotatable bonds is 3. The zero-order valence-electron chi connectivity index (χ0n) is 11.1. The molecule has 1 aromatic heterocycles. The lowest BCUT2D eigenvalue weighted by molar-refractivity contribution is -0.144. The molecule has 2 heterocycles. The molecule has 0 bridgehead atoms. The number of aromatic nitrogens is 2. The summed E-state index contributed by atoms with van der Waals surface area (Å²) in [7, 11) is 1.76. The average Bonchev–Trinajstić information content (AvgIpc) is 2.87. The van der Waals surface area contributed by atoms with Crippen LogP contribution in [0.5, 0.6) is 0 Å². The Morgan fingerprint density at radius 2 is 2.21 bits per heavy atom. The van der Waals surface area contributed by atoms with Gasteiger partial charge < -0.3 is 10.0 Å². The largest absolute Gasteiger partial charge is 0.480 e.